The van der Waals surface area contributed by atoms with Gasteiger partial charge in [0.1, 0.15) is 11.9 Å². The minimum absolute atomic E-state index is 0.518. The van der Waals surface area contributed by atoms with Crippen LogP contribution in [0.5, 0.6) is 5.75 Å². The highest BCUT2D eigenvalue weighted by atomic mass is 16.5. The molecule has 0 fully saturated rings. The molecule has 0 heterocycles. The van der Waals surface area contributed by atoms with Crippen molar-refractivity contribution in [1.29, 1.82) is 5.26 Å². The van der Waals surface area contributed by atoms with Crippen molar-refractivity contribution in [3.8, 4) is 11.8 Å². The van der Waals surface area contributed by atoms with Crippen molar-refractivity contribution in [2.75, 3.05) is 7.11 Å². The molecule has 0 aliphatic rings. The van der Waals surface area contributed by atoms with E-state index in [0.717, 1.165) is 16.9 Å². The lowest BCUT2D eigenvalue weighted by molar-refractivity contribution is 0.0527. The molecular weight excluding hydrogens is 206 g/mol. The summed E-state index contributed by atoms with van der Waals surface area (Å²) < 4.78 is 5.19. The Morgan fingerprint density at radius 2 is 1.75 bits per heavy atom. The van der Waals surface area contributed by atoms with Gasteiger partial charge in [-0.1, -0.05) is 0 Å². The maximum absolute atomic E-state index is 9.69. The Bertz CT molecular complexity index is 400. The predicted octanol–water partition coefficient (Wildman–Crippen LogP) is 1.23. The van der Waals surface area contributed by atoms with Gasteiger partial charge in [-0.25, -0.2) is 0 Å². The van der Waals surface area contributed by atoms with E-state index in [-0.39, 0.29) is 0 Å². The number of methoxy groups -OCH3 is 1. The topological polar surface area (TPSA) is 73.5 Å². The van der Waals surface area contributed by atoms with Crippen LogP contribution in [0, 0.1) is 25.2 Å². The van der Waals surface area contributed by atoms with E-state index >= 15 is 0 Å². The number of hydrogen-bond donors (Lipinski definition) is 2. The van der Waals surface area contributed by atoms with Crippen molar-refractivity contribution in [3.63, 3.8) is 0 Å². The third kappa shape index (κ3) is 2.32. The smallest absolute Gasteiger partial charge is 0.170 e. The summed E-state index contributed by atoms with van der Waals surface area (Å²) in [6.45, 7) is 3.70. The molecule has 0 radical (unpaired) electrons. The van der Waals surface area contributed by atoms with Gasteiger partial charge in [0.2, 0.25) is 0 Å². The SMILES string of the molecule is COc1c(C)cc(C(O)C(O)C#N)cc1C. The number of rotatable bonds is 3. The summed E-state index contributed by atoms with van der Waals surface area (Å²) >= 11 is 0. The van der Waals surface area contributed by atoms with E-state index in [9.17, 15) is 10.2 Å². The quantitative estimate of drug-likeness (QED) is 0.753. The number of hydrogen-bond acceptors (Lipinski definition) is 4. The van der Waals surface area contributed by atoms with Crippen molar-refractivity contribution < 1.29 is 14.9 Å². The van der Waals surface area contributed by atoms with Gasteiger partial charge in [-0.2, -0.15) is 5.26 Å². The van der Waals surface area contributed by atoms with Gasteiger partial charge in [0.15, 0.2) is 6.10 Å². The summed E-state index contributed by atoms with van der Waals surface area (Å²) in [5.41, 5.74) is 2.24. The molecule has 0 aliphatic carbocycles. The zero-order valence-corrected chi connectivity index (χ0v) is 9.56. The number of aryl methyl sites for hydroxylation is 2. The number of aliphatic hydroxyl groups is 2. The minimum Gasteiger partial charge on any atom is -0.496 e. The maximum atomic E-state index is 9.69. The molecule has 86 valence electrons. The fourth-order valence-corrected chi connectivity index (χ4v) is 1.73. The number of aliphatic hydroxyl groups excluding tert-OH is 2. The third-order valence-electron chi connectivity index (χ3n) is 2.46. The van der Waals surface area contributed by atoms with Gasteiger partial charge in [-0.3, -0.25) is 0 Å². The van der Waals surface area contributed by atoms with Crippen molar-refractivity contribution in [1.82, 2.24) is 0 Å². The molecule has 0 aliphatic heterocycles. The average Bonchev–Trinajstić information content (AvgIpc) is 2.26. The number of ether oxygens (including phenoxy) is 1. The molecule has 0 spiro atoms. The van der Waals surface area contributed by atoms with E-state index in [2.05, 4.69) is 0 Å². The van der Waals surface area contributed by atoms with Gasteiger partial charge in [0, 0.05) is 0 Å². The van der Waals surface area contributed by atoms with Gasteiger partial charge >= 0.3 is 0 Å². The minimum atomic E-state index is -1.41. The lowest BCUT2D eigenvalue weighted by atomic mass is 9.99. The van der Waals surface area contributed by atoms with Crippen LogP contribution in [0.2, 0.25) is 0 Å². The second-order valence-electron chi connectivity index (χ2n) is 3.71. The molecule has 1 aromatic rings. The summed E-state index contributed by atoms with van der Waals surface area (Å²) in [4.78, 5) is 0. The molecule has 0 saturated carbocycles. The van der Waals surface area contributed by atoms with Gasteiger partial charge in [-0.05, 0) is 42.7 Å². The van der Waals surface area contributed by atoms with E-state index in [1.54, 1.807) is 25.3 Å². The van der Waals surface area contributed by atoms with Crippen molar-refractivity contribution in [2.45, 2.75) is 26.1 Å². The first-order valence-corrected chi connectivity index (χ1v) is 4.92. The molecule has 0 amide bonds. The highest BCUT2D eigenvalue weighted by molar-refractivity contribution is 5.44. The molecule has 4 nitrogen and oxygen atoms in total. The second kappa shape index (κ2) is 4.97. The normalized spacial score (nSPS) is 14.0. The van der Waals surface area contributed by atoms with E-state index in [4.69, 9.17) is 10.00 Å². The zero-order chi connectivity index (χ0) is 12.3. The predicted molar refractivity (Wildman–Crippen MR) is 59.0 cm³/mol. The molecule has 16 heavy (non-hydrogen) atoms. The van der Waals surface area contributed by atoms with Crippen LogP contribution in [0.15, 0.2) is 12.1 Å². The molecule has 1 aromatic carbocycles. The average molecular weight is 221 g/mol. The molecule has 2 atom stereocenters. The first-order valence-electron chi connectivity index (χ1n) is 4.92. The Kier molecular flexibility index (Phi) is 3.88. The Labute approximate surface area is 94.7 Å². The van der Waals surface area contributed by atoms with Crippen LogP contribution < -0.4 is 4.74 Å². The number of nitrogens with zero attached hydrogens (tertiary/aromatic N) is 1. The highest BCUT2D eigenvalue weighted by Gasteiger charge is 2.19. The van der Waals surface area contributed by atoms with Crippen molar-refractivity contribution in [2.24, 2.45) is 0 Å². The zero-order valence-electron chi connectivity index (χ0n) is 9.56. The van der Waals surface area contributed by atoms with Crippen LogP contribution in [0.3, 0.4) is 0 Å². The summed E-state index contributed by atoms with van der Waals surface area (Å²) in [6, 6.07) is 5.02. The fraction of sp³-hybridized carbons (Fsp3) is 0.417. The van der Waals surface area contributed by atoms with Crippen LogP contribution in [0.25, 0.3) is 0 Å². The van der Waals surface area contributed by atoms with Crippen LogP contribution in [-0.4, -0.2) is 23.4 Å². The molecule has 4 heteroatoms. The van der Waals surface area contributed by atoms with Gasteiger partial charge in [0.05, 0.1) is 13.2 Å². The molecule has 0 saturated heterocycles. The lowest BCUT2D eigenvalue weighted by Gasteiger charge is -2.16. The van der Waals surface area contributed by atoms with Crippen LogP contribution in [0.4, 0.5) is 0 Å². The summed E-state index contributed by atoms with van der Waals surface area (Å²) in [5, 5.41) is 27.5. The highest BCUT2D eigenvalue weighted by Crippen LogP contribution is 2.28. The number of benzene rings is 1. The first-order chi connectivity index (χ1) is 7.51. The third-order valence-corrected chi connectivity index (χ3v) is 2.46. The molecule has 2 unspecified atom stereocenters. The Morgan fingerprint density at radius 3 is 2.12 bits per heavy atom. The van der Waals surface area contributed by atoms with E-state index in [0.29, 0.717) is 5.56 Å². The van der Waals surface area contributed by atoms with Crippen LogP contribution in [0.1, 0.15) is 22.8 Å². The summed E-state index contributed by atoms with van der Waals surface area (Å²) in [6.07, 6.45) is -2.60. The van der Waals surface area contributed by atoms with Crippen molar-refractivity contribution >= 4 is 0 Å². The standard InChI is InChI=1S/C12H15NO3/c1-7-4-9(11(15)10(14)6-13)5-8(2)12(7)16-3/h4-5,10-11,14-15H,1-3H3. The summed E-state index contributed by atoms with van der Waals surface area (Å²) in [5.74, 6) is 0.752. The van der Waals surface area contributed by atoms with Gasteiger partial charge < -0.3 is 14.9 Å². The molecule has 2 N–H and O–H groups in total. The largest absolute Gasteiger partial charge is 0.496 e. The Hall–Kier alpha value is -1.57. The molecule has 1 rings (SSSR count). The lowest BCUT2D eigenvalue weighted by Crippen LogP contribution is -2.16. The molecule has 0 aromatic heterocycles. The second-order valence-corrected chi connectivity index (χ2v) is 3.71. The van der Waals surface area contributed by atoms with Gasteiger partial charge in [-0.15, -0.1) is 0 Å². The fourth-order valence-electron chi connectivity index (χ4n) is 1.73. The monoisotopic (exact) mass is 221 g/mol. The summed E-state index contributed by atoms with van der Waals surface area (Å²) in [7, 11) is 1.58. The Morgan fingerprint density at radius 1 is 1.25 bits per heavy atom. The van der Waals surface area contributed by atoms with Gasteiger partial charge in [0.25, 0.3) is 0 Å². The number of nitriles is 1. The Balaban J connectivity index is 3.14. The van der Waals surface area contributed by atoms with Crippen LogP contribution in [-0.2, 0) is 0 Å². The van der Waals surface area contributed by atoms with E-state index < -0.39 is 12.2 Å². The van der Waals surface area contributed by atoms with E-state index in [1.165, 1.54) is 0 Å². The first kappa shape index (κ1) is 12.5. The van der Waals surface area contributed by atoms with Crippen LogP contribution >= 0.6 is 0 Å². The van der Waals surface area contributed by atoms with Crippen molar-refractivity contribution in [3.05, 3.63) is 28.8 Å². The van der Waals surface area contributed by atoms with E-state index in [1.807, 2.05) is 13.8 Å². The molecular formula is C12H15NO3. The molecule has 0 bridgehead atoms. The maximum Gasteiger partial charge on any atom is 0.170 e.